The number of anilines is 1. The smallest absolute Gasteiger partial charge is 0.265 e. The van der Waals surface area contributed by atoms with E-state index in [2.05, 4.69) is 10.6 Å². The van der Waals surface area contributed by atoms with Gasteiger partial charge in [0.15, 0.2) is 6.10 Å². The Labute approximate surface area is 168 Å². The molecule has 0 radical (unpaired) electrons. The zero-order chi connectivity index (χ0) is 20.6. The number of hydrogen-bond acceptors (Lipinski definition) is 5. The lowest BCUT2D eigenvalue weighted by atomic mass is 10.1. The van der Waals surface area contributed by atoms with Crippen LogP contribution in [0.1, 0.15) is 23.0 Å². The lowest BCUT2D eigenvalue weighted by Gasteiger charge is -2.16. The summed E-state index contributed by atoms with van der Waals surface area (Å²) in [5, 5.41) is 5.52. The molecular weight excluding hydrogens is 372 g/mol. The highest BCUT2D eigenvalue weighted by molar-refractivity contribution is 6.04. The average Bonchev–Trinajstić information content (AvgIpc) is 3.26. The summed E-state index contributed by atoms with van der Waals surface area (Å²) in [4.78, 5) is 25.1. The molecule has 0 bridgehead atoms. The van der Waals surface area contributed by atoms with Gasteiger partial charge in [0.05, 0.1) is 31.2 Å². The molecule has 2 N–H and O–H groups in total. The van der Waals surface area contributed by atoms with Crippen LogP contribution in [-0.2, 0) is 11.3 Å². The predicted octanol–water partition coefficient (Wildman–Crippen LogP) is 3.62. The molecule has 1 aromatic heterocycles. The lowest BCUT2D eigenvalue weighted by Crippen LogP contribution is -2.31. The number of carbonyl (C=O) groups excluding carboxylic acids is 2. The summed E-state index contributed by atoms with van der Waals surface area (Å²) in [6.07, 6.45) is 0.765. The highest BCUT2D eigenvalue weighted by atomic mass is 16.5. The number of nitrogens with one attached hydrogen (secondary N) is 2. The molecule has 0 saturated heterocycles. The SMILES string of the molecule is COc1cccc(O[C@@H](C)C(=O)Nc2ccccc2C(=O)NCc2ccco2)c1. The molecule has 0 saturated carbocycles. The van der Waals surface area contributed by atoms with Gasteiger partial charge in [-0.15, -0.1) is 0 Å². The fourth-order valence-electron chi connectivity index (χ4n) is 2.63. The monoisotopic (exact) mass is 394 g/mol. The van der Waals surface area contributed by atoms with Crippen LogP contribution in [0.2, 0.25) is 0 Å². The second kappa shape index (κ2) is 9.45. The Kier molecular flexibility index (Phi) is 6.52. The van der Waals surface area contributed by atoms with Gasteiger partial charge in [0.25, 0.3) is 11.8 Å². The molecule has 0 aliphatic rings. The summed E-state index contributed by atoms with van der Waals surface area (Å²) in [5.74, 6) is 1.09. The maximum atomic E-state index is 12.6. The molecule has 7 heteroatoms. The predicted molar refractivity (Wildman–Crippen MR) is 108 cm³/mol. The molecule has 0 aliphatic heterocycles. The Balaban J connectivity index is 1.64. The van der Waals surface area contributed by atoms with E-state index in [-0.39, 0.29) is 18.4 Å². The van der Waals surface area contributed by atoms with Gasteiger partial charge in [-0.3, -0.25) is 9.59 Å². The van der Waals surface area contributed by atoms with Gasteiger partial charge in [-0.2, -0.15) is 0 Å². The summed E-state index contributed by atoms with van der Waals surface area (Å²) in [6.45, 7) is 1.89. The minimum atomic E-state index is -0.777. The van der Waals surface area contributed by atoms with Crippen molar-refractivity contribution < 1.29 is 23.5 Å². The van der Waals surface area contributed by atoms with Crippen LogP contribution in [0.4, 0.5) is 5.69 Å². The third kappa shape index (κ3) is 5.38. The maximum absolute atomic E-state index is 12.6. The van der Waals surface area contributed by atoms with E-state index in [1.807, 2.05) is 0 Å². The van der Waals surface area contributed by atoms with Gasteiger partial charge in [0.1, 0.15) is 17.3 Å². The molecule has 1 atom stereocenters. The first kappa shape index (κ1) is 20.0. The molecule has 0 unspecified atom stereocenters. The van der Waals surface area contributed by atoms with Crippen molar-refractivity contribution >= 4 is 17.5 Å². The molecular formula is C22H22N2O5. The van der Waals surface area contributed by atoms with Crippen molar-refractivity contribution in [3.8, 4) is 11.5 Å². The first-order valence-electron chi connectivity index (χ1n) is 9.08. The van der Waals surface area contributed by atoms with Crippen molar-refractivity contribution in [3.63, 3.8) is 0 Å². The van der Waals surface area contributed by atoms with Gasteiger partial charge >= 0.3 is 0 Å². The van der Waals surface area contributed by atoms with Crippen LogP contribution in [0.5, 0.6) is 11.5 Å². The number of methoxy groups -OCH3 is 1. The molecule has 1 heterocycles. The van der Waals surface area contributed by atoms with Crippen LogP contribution in [0.15, 0.2) is 71.3 Å². The van der Waals surface area contributed by atoms with E-state index in [1.165, 1.54) is 0 Å². The third-order valence-corrected chi connectivity index (χ3v) is 4.16. The third-order valence-electron chi connectivity index (χ3n) is 4.16. The van der Waals surface area contributed by atoms with Gasteiger partial charge in [0.2, 0.25) is 0 Å². The first-order valence-corrected chi connectivity index (χ1v) is 9.08. The van der Waals surface area contributed by atoms with Crippen LogP contribution in [-0.4, -0.2) is 25.0 Å². The first-order chi connectivity index (χ1) is 14.1. The molecule has 0 spiro atoms. The summed E-state index contributed by atoms with van der Waals surface area (Å²) in [7, 11) is 1.56. The largest absolute Gasteiger partial charge is 0.497 e. The van der Waals surface area contributed by atoms with Gasteiger partial charge in [-0.25, -0.2) is 0 Å². The fourth-order valence-corrected chi connectivity index (χ4v) is 2.63. The molecule has 150 valence electrons. The standard InChI is InChI=1S/C22H22N2O5/c1-15(29-17-8-5-7-16(13-17)27-2)21(25)24-20-11-4-3-10-19(20)22(26)23-14-18-9-6-12-28-18/h3-13,15H,14H2,1-2H3,(H,23,26)(H,24,25)/t15-/m0/s1. The lowest BCUT2D eigenvalue weighted by molar-refractivity contribution is -0.122. The van der Waals surface area contributed by atoms with Crippen LogP contribution < -0.4 is 20.1 Å². The second-order valence-electron chi connectivity index (χ2n) is 6.24. The Bertz CT molecular complexity index is 969. The molecule has 7 nitrogen and oxygen atoms in total. The second-order valence-corrected chi connectivity index (χ2v) is 6.24. The highest BCUT2D eigenvalue weighted by Crippen LogP contribution is 2.21. The van der Waals surface area contributed by atoms with E-state index < -0.39 is 6.10 Å². The van der Waals surface area contributed by atoms with Crippen LogP contribution in [0, 0.1) is 0 Å². The maximum Gasteiger partial charge on any atom is 0.265 e. The molecule has 3 aromatic rings. The van der Waals surface area contributed by atoms with Crippen molar-refractivity contribution in [1.82, 2.24) is 5.32 Å². The quantitative estimate of drug-likeness (QED) is 0.609. The van der Waals surface area contributed by atoms with Crippen molar-refractivity contribution in [2.24, 2.45) is 0 Å². The van der Waals surface area contributed by atoms with E-state index in [1.54, 1.807) is 81.0 Å². The zero-order valence-electron chi connectivity index (χ0n) is 16.2. The zero-order valence-corrected chi connectivity index (χ0v) is 16.2. The summed E-state index contributed by atoms with van der Waals surface area (Å²) in [5.41, 5.74) is 0.747. The minimum absolute atomic E-state index is 0.253. The highest BCUT2D eigenvalue weighted by Gasteiger charge is 2.18. The number of benzene rings is 2. The van der Waals surface area contributed by atoms with E-state index >= 15 is 0 Å². The Morgan fingerprint density at radius 3 is 2.59 bits per heavy atom. The Morgan fingerprint density at radius 1 is 1.03 bits per heavy atom. The normalized spacial score (nSPS) is 11.4. The van der Waals surface area contributed by atoms with E-state index in [9.17, 15) is 9.59 Å². The van der Waals surface area contributed by atoms with Crippen LogP contribution in [0.3, 0.4) is 0 Å². The van der Waals surface area contributed by atoms with Crippen molar-refractivity contribution in [2.45, 2.75) is 19.6 Å². The number of furan rings is 1. The number of ether oxygens (including phenoxy) is 2. The summed E-state index contributed by atoms with van der Waals surface area (Å²) < 4.78 is 16.0. The molecule has 2 aromatic carbocycles. The number of carbonyl (C=O) groups is 2. The van der Waals surface area contributed by atoms with Crippen molar-refractivity contribution in [1.29, 1.82) is 0 Å². The van der Waals surface area contributed by atoms with E-state index in [4.69, 9.17) is 13.9 Å². The number of rotatable bonds is 8. The van der Waals surface area contributed by atoms with Crippen molar-refractivity contribution in [3.05, 3.63) is 78.3 Å². The summed E-state index contributed by atoms with van der Waals surface area (Å²) in [6, 6.07) is 17.3. The molecule has 3 rings (SSSR count). The van der Waals surface area contributed by atoms with E-state index in [0.717, 1.165) is 0 Å². The Hall–Kier alpha value is -3.74. The number of amides is 2. The Morgan fingerprint density at radius 2 is 1.83 bits per heavy atom. The van der Waals surface area contributed by atoms with E-state index in [0.29, 0.717) is 28.5 Å². The molecule has 29 heavy (non-hydrogen) atoms. The van der Waals surface area contributed by atoms with Crippen LogP contribution in [0.25, 0.3) is 0 Å². The van der Waals surface area contributed by atoms with Crippen LogP contribution >= 0.6 is 0 Å². The van der Waals surface area contributed by atoms with Gasteiger partial charge in [0, 0.05) is 6.07 Å². The van der Waals surface area contributed by atoms with Crippen molar-refractivity contribution in [2.75, 3.05) is 12.4 Å². The number of hydrogen-bond donors (Lipinski definition) is 2. The molecule has 2 amide bonds. The average molecular weight is 394 g/mol. The minimum Gasteiger partial charge on any atom is -0.497 e. The number of para-hydroxylation sites is 1. The topological polar surface area (TPSA) is 89.8 Å². The van der Waals surface area contributed by atoms with Gasteiger partial charge in [-0.05, 0) is 43.3 Å². The summed E-state index contributed by atoms with van der Waals surface area (Å²) >= 11 is 0. The molecule has 0 fully saturated rings. The fraction of sp³-hybridized carbons (Fsp3) is 0.182. The van der Waals surface area contributed by atoms with Gasteiger partial charge in [-0.1, -0.05) is 18.2 Å². The molecule has 0 aliphatic carbocycles. The van der Waals surface area contributed by atoms with Gasteiger partial charge < -0.3 is 24.5 Å².